The summed E-state index contributed by atoms with van der Waals surface area (Å²) in [5.41, 5.74) is 8.48. The summed E-state index contributed by atoms with van der Waals surface area (Å²) in [5.74, 6) is 0.964. The highest BCUT2D eigenvalue weighted by molar-refractivity contribution is 5.82. The van der Waals surface area contributed by atoms with Gasteiger partial charge in [-0.1, -0.05) is 17.3 Å². The van der Waals surface area contributed by atoms with Crippen molar-refractivity contribution in [1.29, 1.82) is 0 Å². The van der Waals surface area contributed by atoms with Gasteiger partial charge in [0.05, 0.1) is 11.4 Å². The number of hydrogen-bond acceptors (Lipinski definition) is 4. The van der Waals surface area contributed by atoms with Crippen molar-refractivity contribution in [2.75, 3.05) is 0 Å². The molecule has 1 aromatic heterocycles. The lowest BCUT2D eigenvalue weighted by Crippen LogP contribution is -2.14. The molecule has 0 atom stereocenters. The van der Waals surface area contributed by atoms with Crippen LogP contribution >= 0.6 is 0 Å². The first kappa shape index (κ1) is 14.9. The number of hydrogen-bond donors (Lipinski definition) is 2. The number of oxime groups is 1. The molecule has 0 aliphatic carbocycles. The van der Waals surface area contributed by atoms with E-state index in [9.17, 15) is 0 Å². The van der Waals surface area contributed by atoms with Crippen LogP contribution in [0.25, 0.3) is 0 Å². The van der Waals surface area contributed by atoms with Gasteiger partial charge in [0.15, 0.2) is 0 Å². The molecule has 21 heavy (non-hydrogen) atoms. The highest BCUT2D eigenvalue weighted by atomic mass is 16.5. The maximum Gasteiger partial charge on any atom is 0.143 e. The van der Waals surface area contributed by atoms with Crippen LogP contribution in [0.5, 0.6) is 5.75 Å². The zero-order valence-corrected chi connectivity index (χ0v) is 12.3. The van der Waals surface area contributed by atoms with E-state index < -0.39 is 0 Å². The number of rotatable bonds is 6. The summed E-state index contributed by atoms with van der Waals surface area (Å²) in [6.07, 6.45) is 0.415. The number of aryl methyl sites for hydroxylation is 2. The first-order chi connectivity index (χ1) is 10.1. The third kappa shape index (κ3) is 3.98. The predicted molar refractivity (Wildman–Crippen MR) is 80.5 cm³/mol. The molecule has 1 heterocycles. The average Bonchev–Trinajstić information content (AvgIpc) is 2.86. The summed E-state index contributed by atoms with van der Waals surface area (Å²) in [4.78, 5) is 0. The summed E-state index contributed by atoms with van der Waals surface area (Å²) in [6, 6.07) is 9.57. The lowest BCUT2D eigenvalue weighted by molar-refractivity contribution is 0.292. The number of nitrogens with zero attached hydrogens (tertiary/aromatic N) is 3. The van der Waals surface area contributed by atoms with Crippen molar-refractivity contribution >= 4 is 5.84 Å². The van der Waals surface area contributed by atoms with Gasteiger partial charge in [-0.05, 0) is 37.6 Å². The van der Waals surface area contributed by atoms with Crippen LogP contribution in [0.2, 0.25) is 0 Å². The Morgan fingerprint density at radius 1 is 1.38 bits per heavy atom. The fourth-order valence-electron chi connectivity index (χ4n) is 2.09. The Hall–Kier alpha value is -2.50. The third-order valence-electron chi connectivity index (χ3n) is 3.11. The fraction of sp³-hybridized carbons (Fsp3) is 0.333. The monoisotopic (exact) mass is 288 g/mol. The second-order valence-electron chi connectivity index (χ2n) is 4.79. The van der Waals surface area contributed by atoms with E-state index in [1.165, 1.54) is 0 Å². The average molecular weight is 288 g/mol. The van der Waals surface area contributed by atoms with E-state index in [4.69, 9.17) is 15.7 Å². The van der Waals surface area contributed by atoms with E-state index in [2.05, 4.69) is 17.2 Å². The summed E-state index contributed by atoms with van der Waals surface area (Å²) in [6.45, 7) is 5.33. The van der Waals surface area contributed by atoms with Crippen LogP contribution in [0, 0.1) is 6.92 Å². The molecule has 3 N–H and O–H groups in total. The SMILES string of the molecule is CCn1nc(C)cc1COc1ccc(CC(N)=NO)cc1. The molecule has 2 aromatic rings. The van der Waals surface area contributed by atoms with E-state index in [0.29, 0.717) is 13.0 Å². The zero-order valence-electron chi connectivity index (χ0n) is 12.3. The van der Waals surface area contributed by atoms with Crippen molar-refractivity contribution in [2.45, 2.75) is 33.4 Å². The number of amidine groups is 1. The molecule has 0 bridgehead atoms. The molecule has 0 saturated carbocycles. The summed E-state index contributed by atoms with van der Waals surface area (Å²) in [5, 5.41) is 15.9. The van der Waals surface area contributed by atoms with Gasteiger partial charge in [0, 0.05) is 13.0 Å². The van der Waals surface area contributed by atoms with Crippen molar-refractivity contribution in [3.05, 3.63) is 47.3 Å². The number of nitrogens with two attached hydrogens (primary N) is 1. The van der Waals surface area contributed by atoms with Crippen LogP contribution in [0.15, 0.2) is 35.5 Å². The smallest absolute Gasteiger partial charge is 0.143 e. The summed E-state index contributed by atoms with van der Waals surface area (Å²) >= 11 is 0. The Balaban J connectivity index is 1.97. The second kappa shape index (κ2) is 6.78. The standard InChI is InChI=1S/C15H20N4O2/c1-3-19-13(8-11(2)17-19)10-21-14-6-4-12(5-7-14)9-15(16)18-20/h4-8,20H,3,9-10H2,1-2H3,(H2,16,18). The Kier molecular flexibility index (Phi) is 4.81. The Morgan fingerprint density at radius 2 is 2.10 bits per heavy atom. The van der Waals surface area contributed by atoms with Gasteiger partial charge in [0.1, 0.15) is 18.2 Å². The predicted octanol–water partition coefficient (Wildman–Crippen LogP) is 2.08. The van der Waals surface area contributed by atoms with Gasteiger partial charge < -0.3 is 15.7 Å². The zero-order chi connectivity index (χ0) is 15.2. The van der Waals surface area contributed by atoms with Crippen LogP contribution in [0.1, 0.15) is 23.9 Å². The first-order valence-corrected chi connectivity index (χ1v) is 6.84. The molecule has 0 radical (unpaired) electrons. The Bertz CT molecular complexity index is 617. The topological polar surface area (TPSA) is 85.7 Å². The largest absolute Gasteiger partial charge is 0.487 e. The minimum Gasteiger partial charge on any atom is -0.487 e. The van der Waals surface area contributed by atoms with E-state index in [0.717, 1.165) is 29.2 Å². The molecule has 6 nitrogen and oxygen atoms in total. The van der Waals surface area contributed by atoms with Gasteiger partial charge in [0.25, 0.3) is 0 Å². The van der Waals surface area contributed by atoms with E-state index >= 15 is 0 Å². The van der Waals surface area contributed by atoms with Gasteiger partial charge in [-0.3, -0.25) is 4.68 Å². The molecule has 6 heteroatoms. The molecule has 0 aliphatic heterocycles. The molecule has 112 valence electrons. The van der Waals surface area contributed by atoms with Crippen LogP contribution in [-0.2, 0) is 19.6 Å². The Labute approximate surface area is 123 Å². The normalized spacial score (nSPS) is 11.6. The van der Waals surface area contributed by atoms with Crippen molar-refractivity contribution in [3.8, 4) is 5.75 Å². The van der Waals surface area contributed by atoms with Crippen LogP contribution in [0.3, 0.4) is 0 Å². The third-order valence-corrected chi connectivity index (χ3v) is 3.11. The summed E-state index contributed by atoms with van der Waals surface area (Å²) in [7, 11) is 0. The van der Waals surface area contributed by atoms with Crippen LogP contribution in [-0.4, -0.2) is 20.8 Å². The Morgan fingerprint density at radius 3 is 2.71 bits per heavy atom. The molecule has 0 fully saturated rings. The van der Waals surface area contributed by atoms with E-state index in [1.807, 2.05) is 41.9 Å². The molecule has 2 rings (SSSR count). The lowest BCUT2D eigenvalue weighted by Gasteiger charge is -2.08. The van der Waals surface area contributed by atoms with Crippen molar-refractivity contribution in [3.63, 3.8) is 0 Å². The van der Waals surface area contributed by atoms with Crippen molar-refractivity contribution in [1.82, 2.24) is 9.78 Å². The number of benzene rings is 1. The molecule has 0 unspecified atom stereocenters. The molecule has 0 aliphatic rings. The van der Waals surface area contributed by atoms with Gasteiger partial charge in [-0.2, -0.15) is 5.10 Å². The highest BCUT2D eigenvalue weighted by Crippen LogP contribution is 2.15. The molecular formula is C15H20N4O2. The molecule has 0 saturated heterocycles. The maximum atomic E-state index is 8.54. The van der Waals surface area contributed by atoms with Gasteiger partial charge >= 0.3 is 0 Å². The highest BCUT2D eigenvalue weighted by Gasteiger charge is 2.05. The molecule has 1 aromatic carbocycles. The van der Waals surface area contributed by atoms with Crippen molar-refractivity contribution in [2.24, 2.45) is 10.9 Å². The molecular weight excluding hydrogens is 268 g/mol. The van der Waals surface area contributed by atoms with Gasteiger partial charge in [-0.25, -0.2) is 0 Å². The molecule has 0 spiro atoms. The summed E-state index contributed by atoms with van der Waals surface area (Å²) < 4.78 is 7.70. The van der Waals surface area contributed by atoms with Crippen molar-refractivity contribution < 1.29 is 9.94 Å². The minimum absolute atomic E-state index is 0.186. The fourth-order valence-corrected chi connectivity index (χ4v) is 2.09. The van der Waals surface area contributed by atoms with Gasteiger partial charge in [-0.15, -0.1) is 0 Å². The van der Waals surface area contributed by atoms with Crippen LogP contribution < -0.4 is 10.5 Å². The van der Waals surface area contributed by atoms with E-state index in [1.54, 1.807) is 0 Å². The minimum atomic E-state index is 0.186. The molecule has 0 amide bonds. The second-order valence-corrected chi connectivity index (χ2v) is 4.79. The lowest BCUT2D eigenvalue weighted by atomic mass is 10.1. The van der Waals surface area contributed by atoms with Gasteiger partial charge in [0.2, 0.25) is 0 Å². The van der Waals surface area contributed by atoms with E-state index in [-0.39, 0.29) is 5.84 Å². The number of aromatic nitrogens is 2. The first-order valence-electron chi connectivity index (χ1n) is 6.84. The van der Waals surface area contributed by atoms with Crippen LogP contribution in [0.4, 0.5) is 0 Å². The number of ether oxygens (including phenoxy) is 1. The maximum absolute atomic E-state index is 8.54. The quantitative estimate of drug-likeness (QED) is 0.369.